The van der Waals surface area contributed by atoms with Gasteiger partial charge in [-0.25, -0.2) is 4.98 Å². The predicted molar refractivity (Wildman–Crippen MR) is 81.6 cm³/mol. The molecule has 1 aromatic heterocycles. The maximum Gasteiger partial charge on any atom is 0.266 e. The van der Waals surface area contributed by atoms with Crippen LogP contribution >= 0.6 is 38.5 Å². The third-order valence-corrected chi connectivity index (χ3v) is 3.92. The van der Waals surface area contributed by atoms with E-state index < -0.39 is 0 Å². The van der Waals surface area contributed by atoms with E-state index in [0.29, 0.717) is 9.39 Å². The minimum absolute atomic E-state index is 0.174. The van der Waals surface area contributed by atoms with Crippen molar-refractivity contribution in [2.45, 2.75) is 0 Å². The van der Waals surface area contributed by atoms with Crippen molar-refractivity contribution in [2.75, 3.05) is 12.4 Å². The summed E-state index contributed by atoms with van der Waals surface area (Å²) in [6.45, 7) is 0. The van der Waals surface area contributed by atoms with Crippen LogP contribution in [0, 0.1) is 3.57 Å². The second-order valence-electron chi connectivity index (χ2n) is 3.37. The Morgan fingerprint density at radius 3 is 3.00 bits per heavy atom. The molecule has 0 bridgehead atoms. The van der Waals surface area contributed by atoms with Crippen LogP contribution in [-0.2, 0) is 0 Å². The van der Waals surface area contributed by atoms with Gasteiger partial charge < -0.3 is 15.0 Å². The summed E-state index contributed by atoms with van der Waals surface area (Å²) in [7, 11) is 1.60. The molecule has 0 amide bonds. The van der Waals surface area contributed by atoms with Crippen LogP contribution in [-0.4, -0.2) is 17.1 Å². The van der Waals surface area contributed by atoms with Gasteiger partial charge in [0.25, 0.3) is 5.56 Å². The lowest BCUT2D eigenvalue weighted by molar-refractivity contribution is 0.415. The van der Waals surface area contributed by atoms with Crippen molar-refractivity contribution in [1.29, 1.82) is 0 Å². The molecule has 94 valence electrons. The van der Waals surface area contributed by atoms with Crippen LogP contribution < -0.4 is 15.6 Å². The SMILES string of the molecule is COc1ccc(Br)c(Nc2nc[nH]c(=O)c2I)c1. The zero-order valence-corrected chi connectivity index (χ0v) is 13.1. The molecule has 0 radical (unpaired) electrons. The Balaban J connectivity index is 2.39. The molecular weight excluding hydrogens is 413 g/mol. The number of hydrogen-bond donors (Lipinski definition) is 2. The molecular formula is C11H9BrIN3O2. The summed E-state index contributed by atoms with van der Waals surface area (Å²) in [6, 6.07) is 5.52. The molecule has 0 spiro atoms. The molecule has 1 heterocycles. The molecule has 0 aliphatic carbocycles. The summed E-state index contributed by atoms with van der Waals surface area (Å²) in [4.78, 5) is 18.1. The summed E-state index contributed by atoms with van der Waals surface area (Å²) in [5.74, 6) is 1.23. The van der Waals surface area contributed by atoms with Gasteiger partial charge in [-0.1, -0.05) is 0 Å². The molecule has 0 unspecified atom stereocenters. The van der Waals surface area contributed by atoms with E-state index in [0.717, 1.165) is 15.9 Å². The van der Waals surface area contributed by atoms with Crippen LogP contribution in [0.15, 0.2) is 33.8 Å². The summed E-state index contributed by atoms with van der Waals surface area (Å²) >= 11 is 5.37. The largest absolute Gasteiger partial charge is 0.497 e. The van der Waals surface area contributed by atoms with Gasteiger partial charge in [-0.3, -0.25) is 4.79 Å². The van der Waals surface area contributed by atoms with Gasteiger partial charge in [0.2, 0.25) is 0 Å². The summed E-state index contributed by atoms with van der Waals surface area (Å²) < 4.78 is 6.52. The first-order valence-corrected chi connectivity index (χ1v) is 6.82. The number of halogens is 2. The number of rotatable bonds is 3. The normalized spacial score (nSPS) is 10.2. The van der Waals surface area contributed by atoms with Crippen LogP contribution in [0.1, 0.15) is 0 Å². The topological polar surface area (TPSA) is 67.0 Å². The highest BCUT2D eigenvalue weighted by atomic mass is 127. The molecule has 0 saturated heterocycles. The van der Waals surface area contributed by atoms with Crippen molar-refractivity contribution >= 4 is 50.0 Å². The zero-order valence-electron chi connectivity index (χ0n) is 9.33. The van der Waals surface area contributed by atoms with Crippen molar-refractivity contribution in [3.63, 3.8) is 0 Å². The van der Waals surface area contributed by atoms with E-state index >= 15 is 0 Å². The van der Waals surface area contributed by atoms with Gasteiger partial charge in [-0.05, 0) is 50.7 Å². The van der Waals surface area contributed by atoms with E-state index in [2.05, 4.69) is 31.2 Å². The Labute approximate surface area is 125 Å². The molecule has 2 N–H and O–H groups in total. The molecule has 1 aromatic carbocycles. The standard InChI is InChI=1S/C11H9BrIN3O2/c1-18-6-2-3-7(12)8(4-6)16-10-9(13)11(17)15-5-14-10/h2-5H,1H3,(H2,14,15,16,17). The highest BCUT2D eigenvalue weighted by Gasteiger charge is 2.08. The Morgan fingerprint density at radius 2 is 2.28 bits per heavy atom. The second kappa shape index (κ2) is 5.70. The molecule has 7 heteroatoms. The summed E-state index contributed by atoms with van der Waals surface area (Å²) in [5.41, 5.74) is 0.609. The van der Waals surface area contributed by atoms with E-state index in [1.54, 1.807) is 7.11 Å². The lowest BCUT2D eigenvalue weighted by Crippen LogP contribution is -2.13. The number of methoxy groups -OCH3 is 1. The van der Waals surface area contributed by atoms with Gasteiger partial charge in [-0.2, -0.15) is 0 Å². The number of hydrogen-bond acceptors (Lipinski definition) is 4. The summed E-state index contributed by atoms with van der Waals surface area (Å²) in [5, 5.41) is 3.09. The van der Waals surface area contributed by atoms with Gasteiger partial charge in [0.05, 0.1) is 19.1 Å². The first-order valence-electron chi connectivity index (χ1n) is 4.95. The maximum absolute atomic E-state index is 11.5. The van der Waals surface area contributed by atoms with E-state index in [4.69, 9.17) is 4.74 Å². The number of nitrogens with zero attached hydrogens (tertiary/aromatic N) is 1. The molecule has 5 nitrogen and oxygen atoms in total. The average molecular weight is 422 g/mol. The van der Waals surface area contributed by atoms with Crippen molar-refractivity contribution in [3.05, 3.63) is 42.9 Å². The molecule has 0 aliphatic rings. The van der Waals surface area contributed by atoms with Crippen LogP contribution in [0.3, 0.4) is 0 Å². The number of benzene rings is 1. The van der Waals surface area contributed by atoms with Gasteiger partial charge >= 0.3 is 0 Å². The fraction of sp³-hybridized carbons (Fsp3) is 0.0909. The van der Waals surface area contributed by atoms with Crippen LogP contribution in [0.5, 0.6) is 5.75 Å². The number of H-pyrrole nitrogens is 1. The predicted octanol–water partition coefficient (Wildman–Crippen LogP) is 2.89. The van der Waals surface area contributed by atoms with E-state index in [1.807, 2.05) is 40.8 Å². The zero-order chi connectivity index (χ0) is 13.1. The Kier molecular flexibility index (Phi) is 4.23. The van der Waals surface area contributed by atoms with Crippen molar-refractivity contribution in [2.24, 2.45) is 0 Å². The Morgan fingerprint density at radius 1 is 1.50 bits per heavy atom. The number of nitrogens with one attached hydrogen (secondary N) is 2. The van der Waals surface area contributed by atoms with Crippen LogP contribution in [0.25, 0.3) is 0 Å². The Hall–Kier alpha value is -1.09. The molecule has 0 aliphatic heterocycles. The molecule has 0 fully saturated rings. The first-order chi connectivity index (χ1) is 8.61. The van der Waals surface area contributed by atoms with Crippen molar-refractivity contribution in [3.8, 4) is 5.75 Å². The van der Waals surface area contributed by atoms with Crippen LogP contribution in [0.4, 0.5) is 11.5 Å². The third-order valence-electron chi connectivity index (χ3n) is 2.22. The van der Waals surface area contributed by atoms with Crippen LogP contribution in [0.2, 0.25) is 0 Å². The van der Waals surface area contributed by atoms with Gasteiger partial charge in [0, 0.05) is 10.5 Å². The average Bonchev–Trinajstić information content (AvgIpc) is 2.37. The first kappa shape index (κ1) is 13.3. The maximum atomic E-state index is 11.5. The number of aromatic amines is 1. The summed E-state index contributed by atoms with van der Waals surface area (Å²) in [6.07, 6.45) is 1.36. The van der Waals surface area contributed by atoms with E-state index in [9.17, 15) is 4.79 Å². The molecule has 0 saturated carbocycles. The quantitative estimate of drug-likeness (QED) is 0.748. The fourth-order valence-corrected chi connectivity index (χ4v) is 2.10. The molecule has 18 heavy (non-hydrogen) atoms. The number of aromatic nitrogens is 2. The van der Waals surface area contributed by atoms with Crippen molar-refractivity contribution in [1.82, 2.24) is 9.97 Å². The third kappa shape index (κ3) is 2.83. The van der Waals surface area contributed by atoms with Crippen molar-refractivity contribution < 1.29 is 4.74 Å². The molecule has 2 rings (SSSR count). The van der Waals surface area contributed by atoms with Gasteiger partial charge in [0.1, 0.15) is 9.32 Å². The fourth-order valence-electron chi connectivity index (χ4n) is 1.32. The minimum Gasteiger partial charge on any atom is -0.497 e. The molecule has 0 atom stereocenters. The lowest BCUT2D eigenvalue weighted by Gasteiger charge is -2.10. The van der Waals surface area contributed by atoms with E-state index in [1.165, 1.54) is 6.33 Å². The highest BCUT2D eigenvalue weighted by molar-refractivity contribution is 14.1. The Bertz CT molecular complexity index is 630. The van der Waals surface area contributed by atoms with Gasteiger partial charge in [-0.15, -0.1) is 0 Å². The molecule has 2 aromatic rings. The smallest absolute Gasteiger partial charge is 0.266 e. The lowest BCUT2D eigenvalue weighted by atomic mass is 10.3. The van der Waals surface area contributed by atoms with Gasteiger partial charge in [0.15, 0.2) is 5.82 Å². The number of anilines is 2. The highest BCUT2D eigenvalue weighted by Crippen LogP contribution is 2.29. The number of ether oxygens (including phenoxy) is 1. The van der Waals surface area contributed by atoms with E-state index in [-0.39, 0.29) is 5.56 Å². The monoisotopic (exact) mass is 421 g/mol. The second-order valence-corrected chi connectivity index (χ2v) is 5.30. The minimum atomic E-state index is -0.174.